The zero-order chi connectivity index (χ0) is 16.1. The topological polar surface area (TPSA) is 0 Å². The molecule has 0 radical (unpaired) electrons. The Morgan fingerprint density at radius 3 is 1.87 bits per heavy atom. The molecule has 0 spiro atoms. The lowest BCUT2D eigenvalue weighted by molar-refractivity contribution is 0.666. The predicted molar refractivity (Wildman–Crippen MR) is 103 cm³/mol. The summed E-state index contributed by atoms with van der Waals surface area (Å²) in [5.41, 5.74) is 4.24. The fourth-order valence-corrected chi connectivity index (χ4v) is 4.21. The summed E-state index contributed by atoms with van der Waals surface area (Å²) in [6.07, 6.45) is 2.50. The van der Waals surface area contributed by atoms with E-state index in [0.29, 0.717) is 5.92 Å². The molecule has 0 heteroatoms. The lowest BCUT2D eigenvalue weighted by Crippen LogP contribution is -1.95. The minimum absolute atomic E-state index is 0.630. The Morgan fingerprint density at radius 2 is 1.35 bits per heavy atom. The standard InChI is InChI=1S/C23H24/c1-5-6-14(2)19-12-17-7-9-20-15(3)11-16(4)21-10-8-18(13-19)22(17)23(20)21/h7-14H,5-6H2,1-4H3. The molecule has 116 valence electrons. The van der Waals surface area contributed by atoms with Crippen molar-refractivity contribution < 1.29 is 0 Å². The predicted octanol–water partition coefficient (Wildman–Crippen LogP) is 7.10. The summed E-state index contributed by atoms with van der Waals surface area (Å²) in [6.45, 7) is 9.08. The molecule has 0 saturated carbocycles. The van der Waals surface area contributed by atoms with Gasteiger partial charge in [-0.3, -0.25) is 0 Å². The second-order valence-electron chi connectivity index (χ2n) is 7.14. The summed E-state index contributed by atoms with van der Waals surface area (Å²) < 4.78 is 0. The van der Waals surface area contributed by atoms with E-state index in [1.54, 1.807) is 0 Å². The van der Waals surface area contributed by atoms with E-state index in [1.165, 1.54) is 61.8 Å². The number of benzene rings is 4. The first-order chi connectivity index (χ1) is 11.1. The van der Waals surface area contributed by atoms with Crippen molar-refractivity contribution >= 4 is 32.3 Å². The molecular weight excluding hydrogens is 276 g/mol. The van der Waals surface area contributed by atoms with Gasteiger partial charge in [0.2, 0.25) is 0 Å². The first kappa shape index (κ1) is 14.5. The van der Waals surface area contributed by atoms with Crippen LogP contribution in [0.1, 0.15) is 49.3 Å². The first-order valence-electron chi connectivity index (χ1n) is 8.78. The largest absolute Gasteiger partial charge is 0.0654 e. The van der Waals surface area contributed by atoms with Crippen molar-refractivity contribution in [1.82, 2.24) is 0 Å². The highest BCUT2D eigenvalue weighted by Gasteiger charge is 2.14. The third kappa shape index (κ3) is 2.12. The molecule has 0 nitrogen and oxygen atoms in total. The molecule has 0 aliphatic rings. The second kappa shape index (κ2) is 5.23. The number of hydrogen-bond donors (Lipinski definition) is 0. The fraction of sp³-hybridized carbons (Fsp3) is 0.304. The number of rotatable bonds is 3. The summed E-state index contributed by atoms with van der Waals surface area (Å²) in [5, 5.41) is 8.48. The third-order valence-corrected chi connectivity index (χ3v) is 5.44. The molecule has 0 N–H and O–H groups in total. The molecule has 0 aliphatic heterocycles. The van der Waals surface area contributed by atoms with E-state index in [4.69, 9.17) is 0 Å². The Morgan fingerprint density at radius 1 is 0.783 bits per heavy atom. The Hall–Kier alpha value is -2.08. The molecule has 1 atom stereocenters. The van der Waals surface area contributed by atoms with Gasteiger partial charge in [0, 0.05) is 0 Å². The van der Waals surface area contributed by atoms with E-state index < -0.39 is 0 Å². The SMILES string of the molecule is CCCC(C)c1cc2ccc3c(C)cc(C)c4ccc(c1)c2c34. The van der Waals surface area contributed by atoms with Gasteiger partial charge in [-0.15, -0.1) is 0 Å². The highest BCUT2D eigenvalue weighted by Crippen LogP contribution is 2.39. The van der Waals surface area contributed by atoms with Crippen LogP contribution in [0.4, 0.5) is 0 Å². The molecule has 0 heterocycles. The molecule has 0 aromatic heterocycles. The van der Waals surface area contributed by atoms with Gasteiger partial charge in [0.25, 0.3) is 0 Å². The van der Waals surface area contributed by atoms with Gasteiger partial charge in [0.05, 0.1) is 0 Å². The van der Waals surface area contributed by atoms with Crippen LogP contribution in [-0.4, -0.2) is 0 Å². The summed E-state index contributed by atoms with van der Waals surface area (Å²) in [5.74, 6) is 0.630. The van der Waals surface area contributed by atoms with Crippen molar-refractivity contribution in [3.63, 3.8) is 0 Å². The zero-order valence-corrected chi connectivity index (χ0v) is 14.5. The molecule has 4 rings (SSSR count). The quantitative estimate of drug-likeness (QED) is 0.354. The van der Waals surface area contributed by atoms with Crippen LogP contribution >= 0.6 is 0 Å². The number of hydrogen-bond acceptors (Lipinski definition) is 0. The minimum Gasteiger partial charge on any atom is -0.0654 e. The highest BCUT2D eigenvalue weighted by molar-refractivity contribution is 6.24. The summed E-state index contributed by atoms with van der Waals surface area (Å²) in [7, 11) is 0. The van der Waals surface area contributed by atoms with Crippen molar-refractivity contribution in [2.45, 2.75) is 46.5 Å². The molecule has 4 aromatic rings. The van der Waals surface area contributed by atoms with Crippen molar-refractivity contribution in [3.05, 3.63) is 59.2 Å². The van der Waals surface area contributed by atoms with Crippen molar-refractivity contribution in [1.29, 1.82) is 0 Å². The molecule has 1 unspecified atom stereocenters. The Kier molecular flexibility index (Phi) is 3.30. The Balaban J connectivity index is 2.12. The average molecular weight is 300 g/mol. The van der Waals surface area contributed by atoms with Gasteiger partial charge in [-0.25, -0.2) is 0 Å². The van der Waals surface area contributed by atoms with Crippen molar-refractivity contribution in [2.75, 3.05) is 0 Å². The van der Waals surface area contributed by atoms with Gasteiger partial charge in [-0.2, -0.15) is 0 Å². The molecule has 0 aliphatic carbocycles. The van der Waals surface area contributed by atoms with Crippen LogP contribution in [0.15, 0.2) is 42.5 Å². The Labute approximate surface area is 138 Å². The summed E-state index contributed by atoms with van der Waals surface area (Å²) in [4.78, 5) is 0. The van der Waals surface area contributed by atoms with Crippen LogP contribution in [0.5, 0.6) is 0 Å². The van der Waals surface area contributed by atoms with Crippen molar-refractivity contribution in [2.24, 2.45) is 0 Å². The molecule has 0 fully saturated rings. The van der Waals surface area contributed by atoms with Crippen LogP contribution < -0.4 is 0 Å². The number of aryl methyl sites for hydroxylation is 2. The Bertz CT molecular complexity index is 937. The van der Waals surface area contributed by atoms with Gasteiger partial charge in [-0.1, -0.05) is 62.7 Å². The second-order valence-corrected chi connectivity index (χ2v) is 7.14. The van der Waals surface area contributed by atoms with E-state index >= 15 is 0 Å². The molecule has 23 heavy (non-hydrogen) atoms. The molecular formula is C23H24. The van der Waals surface area contributed by atoms with Crippen molar-refractivity contribution in [3.8, 4) is 0 Å². The summed E-state index contributed by atoms with van der Waals surface area (Å²) in [6, 6.07) is 16.4. The maximum atomic E-state index is 2.42. The van der Waals surface area contributed by atoms with E-state index in [0.717, 1.165) is 0 Å². The van der Waals surface area contributed by atoms with Gasteiger partial charge < -0.3 is 0 Å². The maximum absolute atomic E-state index is 2.42. The van der Waals surface area contributed by atoms with E-state index in [9.17, 15) is 0 Å². The maximum Gasteiger partial charge on any atom is -0.00215 e. The van der Waals surface area contributed by atoms with E-state index in [1.807, 2.05) is 0 Å². The smallest absolute Gasteiger partial charge is 0.00215 e. The molecule has 0 saturated heterocycles. The van der Waals surface area contributed by atoms with E-state index in [-0.39, 0.29) is 0 Å². The minimum atomic E-state index is 0.630. The molecule has 0 bridgehead atoms. The lowest BCUT2D eigenvalue weighted by Gasteiger charge is -2.17. The van der Waals surface area contributed by atoms with Gasteiger partial charge in [-0.05, 0) is 75.2 Å². The third-order valence-electron chi connectivity index (χ3n) is 5.44. The van der Waals surface area contributed by atoms with Gasteiger partial charge in [0.1, 0.15) is 0 Å². The lowest BCUT2D eigenvalue weighted by atomic mass is 9.87. The first-order valence-corrected chi connectivity index (χ1v) is 8.78. The average Bonchev–Trinajstić information content (AvgIpc) is 2.54. The molecule has 4 aromatic carbocycles. The normalized spacial score (nSPS) is 13.4. The highest BCUT2D eigenvalue weighted by atomic mass is 14.2. The zero-order valence-electron chi connectivity index (χ0n) is 14.5. The fourth-order valence-electron chi connectivity index (χ4n) is 4.21. The van der Waals surface area contributed by atoms with Crippen LogP contribution in [0.3, 0.4) is 0 Å². The van der Waals surface area contributed by atoms with Crippen LogP contribution in [0.25, 0.3) is 32.3 Å². The van der Waals surface area contributed by atoms with Gasteiger partial charge in [0.15, 0.2) is 0 Å². The van der Waals surface area contributed by atoms with Gasteiger partial charge >= 0.3 is 0 Å². The monoisotopic (exact) mass is 300 g/mol. The van der Waals surface area contributed by atoms with Crippen LogP contribution in [-0.2, 0) is 0 Å². The summed E-state index contributed by atoms with van der Waals surface area (Å²) >= 11 is 0. The van der Waals surface area contributed by atoms with E-state index in [2.05, 4.69) is 70.2 Å². The van der Waals surface area contributed by atoms with Crippen LogP contribution in [0.2, 0.25) is 0 Å². The van der Waals surface area contributed by atoms with Crippen LogP contribution in [0, 0.1) is 13.8 Å². The molecule has 0 amide bonds.